The molecule has 20 heavy (non-hydrogen) atoms. The lowest BCUT2D eigenvalue weighted by Gasteiger charge is -2.34. The van der Waals surface area contributed by atoms with E-state index < -0.39 is 5.97 Å². The molecule has 2 rings (SSSR count). The molecule has 0 radical (unpaired) electrons. The quantitative estimate of drug-likeness (QED) is 0.885. The molecule has 0 heterocycles. The summed E-state index contributed by atoms with van der Waals surface area (Å²) in [5, 5.41) is 9.48. The molecule has 1 saturated carbocycles. The molecule has 1 aromatic rings. The molecule has 2 heteroatoms. The Morgan fingerprint density at radius 3 is 2.45 bits per heavy atom. The van der Waals surface area contributed by atoms with E-state index in [0.717, 1.165) is 25.7 Å². The minimum absolute atomic E-state index is 0.156. The molecule has 1 aliphatic rings. The van der Waals surface area contributed by atoms with Crippen LogP contribution >= 0.6 is 0 Å². The van der Waals surface area contributed by atoms with E-state index in [4.69, 9.17) is 0 Å². The van der Waals surface area contributed by atoms with Gasteiger partial charge in [0.25, 0.3) is 0 Å². The maximum Gasteiger partial charge on any atom is 0.306 e. The lowest BCUT2D eigenvalue weighted by atomic mass is 9.70. The predicted octanol–water partition coefficient (Wildman–Crippen LogP) is 4.37. The van der Waals surface area contributed by atoms with Gasteiger partial charge in [0.1, 0.15) is 0 Å². The topological polar surface area (TPSA) is 37.3 Å². The van der Waals surface area contributed by atoms with E-state index in [1.54, 1.807) is 0 Å². The van der Waals surface area contributed by atoms with Crippen LogP contribution in [0.3, 0.4) is 0 Å². The van der Waals surface area contributed by atoms with E-state index in [2.05, 4.69) is 39.0 Å². The first-order valence-corrected chi connectivity index (χ1v) is 7.80. The molecule has 0 amide bonds. The number of carbonyl (C=O) groups is 1. The highest BCUT2D eigenvalue weighted by atomic mass is 16.4. The summed E-state index contributed by atoms with van der Waals surface area (Å²) >= 11 is 0. The Balaban J connectivity index is 2.20. The molecular formula is C18H26O2. The zero-order valence-corrected chi connectivity index (χ0v) is 12.9. The van der Waals surface area contributed by atoms with Crippen LogP contribution < -0.4 is 0 Å². The number of benzene rings is 1. The van der Waals surface area contributed by atoms with E-state index >= 15 is 0 Å². The Morgan fingerprint density at radius 1 is 1.25 bits per heavy atom. The number of carboxylic acid groups (broad SMARTS) is 1. The summed E-state index contributed by atoms with van der Waals surface area (Å²) in [6.07, 6.45) is 5.10. The normalized spacial score (nSPS) is 26.4. The van der Waals surface area contributed by atoms with Gasteiger partial charge in [-0.15, -0.1) is 0 Å². The van der Waals surface area contributed by atoms with Crippen LogP contribution in [0.5, 0.6) is 0 Å². The van der Waals surface area contributed by atoms with Crippen LogP contribution in [0, 0.1) is 31.6 Å². The maximum atomic E-state index is 11.5. The molecule has 1 aliphatic carbocycles. The fourth-order valence-electron chi connectivity index (χ4n) is 3.72. The molecule has 1 fully saturated rings. The number of rotatable bonds is 4. The van der Waals surface area contributed by atoms with Crippen LogP contribution in [-0.4, -0.2) is 11.1 Å². The third kappa shape index (κ3) is 3.23. The molecule has 1 aromatic carbocycles. The van der Waals surface area contributed by atoms with Crippen LogP contribution in [0.15, 0.2) is 18.2 Å². The van der Waals surface area contributed by atoms with E-state index in [9.17, 15) is 9.90 Å². The fraction of sp³-hybridized carbons (Fsp3) is 0.611. The van der Waals surface area contributed by atoms with Crippen LogP contribution in [0.4, 0.5) is 0 Å². The minimum Gasteiger partial charge on any atom is -0.481 e. The van der Waals surface area contributed by atoms with Gasteiger partial charge in [-0.1, -0.05) is 31.5 Å². The van der Waals surface area contributed by atoms with E-state index in [-0.39, 0.29) is 5.92 Å². The Morgan fingerprint density at radius 2 is 1.90 bits per heavy atom. The first-order chi connectivity index (χ1) is 9.52. The van der Waals surface area contributed by atoms with Gasteiger partial charge in [0.05, 0.1) is 5.92 Å². The van der Waals surface area contributed by atoms with Crippen molar-refractivity contribution in [2.75, 3.05) is 0 Å². The van der Waals surface area contributed by atoms with E-state index in [0.29, 0.717) is 11.8 Å². The van der Waals surface area contributed by atoms with Crippen molar-refractivity contribution < 1.29 is 9.90 Å². The highest BCUT2D eigenvalue weighted by Crippen LogP contribution is 2.38. The largest absolute Gasteiger partial charge is 0.481 e. The van der Waals surface area contributed by atoms with Gasteiger partial charge in [-0.2, -0.15) is 0 Å². The molecule has 0 aromatic heterocycles. The van der Waals surface area contributed by atoms with Crippen molar-refractivity contribution in [1.29, 1.82) is 0 Å². The average Bonchev–Trinajstić information content (AvgIpc) is 2.42. The molecule has 2 nitrogen and oxygen atoms in total. The van der Waals surface area contributed by atoms with Gasteiger partial charge in [-0.3, -0.25) is 4.79 Å². The summed E-state index contributed by atoms with van der Waals surface area (Å²) in [4.78, 5) is 11.5. The summed E-state index contributed by atoms with van der Waals surface area (Å²) in [6.45, 7) is 6.50. The highest BCUT2D eigenvalue weighted by molar-refractivity contribution is 5.70. The Bertz CT molecular complexity index is 458. The van der Waals surface area contributed by atoms with Gasteiger partial charge < -0.3 is 5.11 Å². The SMILES string of the molecule is CCC1CCC(C(=O)O)C(Cc2c(C)cccc2C)C1. The second-order valence-electron chi connectivity index (χ2n) is 6.37. The highest BCUT2D eigenvalue weighted by Gasteiger charge is 2.34. The lowest BCUT2D eigenvalue weighted by Crippen LogP contribution is -2.32. The lowest BCUT2D eigenvalue weighted by molar-refractivity contribution is -0.145. The smallest absolute Gasteiger partial charge is 0.306 e. The average molecular weight is 274 g/mol. The van der Waals surface area contributed by atoms with Crippen LogP contribution in [0.25, 0.3) is 0 Å². The monoisotopic (exact) mass is 274 g/mol. The Hall–Kier alpha value is -1.31. The second-order valence-corrected chi connectivity index (χ2v) is 6.37. The molecule has 0 saturated heterocycles. The number of carboxylic acids is 1. The van der Waals surface area contributed by atoms with Crippen molar-refractivity contribution >= 4 is 5.97 Å². The summed E-state index contributed by atoms with van der Waals surface area (Å²) in [7, 11) is 0. The molecular weight excluding hydrogens is 248 g/mol. The molecule has 3 unspecified atom stereocenters. The van der Waals surface area contributed by atoms with Gasteiger partial charge in [0, 0.05) is 0 Å². The predicted molar refractivity (Wildman–Crippen MR) is 81.9 cm³/mol. The minimum atomic E-state index is -0.601. The molecule has 1 N–H and O–H groups in total. The van der Waals surface area contributed by atoms with Gasteiger partial charge in [0.15, 0.2) is 0 Å². The number of aliphatic carboxylic acids is 1. The summed E-state index contributed by atoms with van der Waals surface area (Å²) in [6, 6.07) is 6.36. The van der Waals surface area contributed by atoms with Crippen LogP contribution in [0.1, 0.15) is 49.3 Å². The molecule has 110 valence electrons. The maximum absolute atomic E-state index is 11.5. The fourth-order valence-corrected chi connectivity index (χ4v) is 3.72. The Labute approximate surface area is 122 Å². The third-order valence-electron chi connectivity index (χ3n) is 5.10. The van der Waals surface area contributed by atoms with Crippen molar-refractivity contribution in [2.24, 2.45) is 17.8 Å². The van der Waals surface area contributed by atoms with E-state index in [1.165, 1.54) is 23.1 Å². The summed E-state index contributed by atoms with van der Waals surface area (Å²) in [5.74, 6) is 0.249. The van der Waals surface area contributed by atoms with Crippen molar-refractivity contribution in [3.05, 3.63) is 34.9 Å². The number of hydrogen-bond donors (Lipinski definition) is 1. The Kier molecular flexibility index (Phi) is 4.85. The van der Waals surface area contributed by atoms with Crippen molar-refractivity contribution in [2.45, 2.75) is 52.9 Å². The van der Waals surface area contributed by atoms with Crippen molar-refractivity contribution in [1.82, 2.24) is 0 Å². The third-order valence-corrected chi connectivity index (χ3v) is 5.10. The molecule has 0 aliphatic heterocycles. The van der Waals surface area contributed by atoms with Gasteiger partial charge in [-0.25, -0.2) is 0 Å². The zero-order valence-electron chi connectivity index (χ0n) is 12.9. The van der Waals surface area contributed by atoms with Crippen molar-refractivity contribution in [3.63, 3.8) is 0 Å². The molecule has 3 atom stereocenters. The van der Waals surface area contributed by atoms with Crippen LogP contribution in [0.2, 0.25) is 0 Å². The second kappa shape index (κ2) is 6.43. The van der Waals surface area contributed by atoms with Gasteiger partial charge >= 0.3 is 5.97 Å². The molecule has 0 spiro atoms. The summed E-state index contributed by atoms with van der Waals surface area (Å²) in [5.41, 5.74) is 3.96. The van der Waals surface area contributed by atoms with Crippen molar-refractivity contribution in [3.8, 4) is 0 Å². The molecule has 0 bridgehead atoms. The number of hydrogen-bond acceptors (Lipinski definition) is 1. The first-order valence-electron chi connectivity index (χ1n) is 7.80. The summed E-state index contributed by atoms with van der Waals surface area (Å²) < 4.78 is 0. The first kappa shape index (κ1) is 15.1. The van der Waals surface area contributed by atoms with Gasteiger partial charge in [0.2, 0.25) is 0 Å². The van der Waals surface area contributed by atoms with Gasteiger partial charge in [-0.05, 0) is 68.1 Å². The van der Waals surface area contributed by atoms with Crippen LogP contribution in [-0.2, 0) is 11.2 Å². The zero-order chi connectivity index (χ0) is 14.7. The standard InChI is InChI=1S/C18H26O2/c1-4-14-8-9-16(18(19)20)15(10-14)11-17-12(2)6-5-7-13(17)3/h5-7,14-16H,4,8-11H2,1-3H3,(H,19,20). The number of aryl methyl sites for hydroxylation is 2. The van der Waals surface area contributed by atoms with E-state index in [1.807, 2.05) is 0 Å².